The van der Waals surface area contributed by atoms with E-state index in [9.17, 15) is 23.5 Å². The van der Waals surface area contributed by atoms with E-state index >= 15 is 0 Å². The summed E-state index contributed by atoms with van der Waals surface area (Å²) in [5.74, 6) is -2.33. The monoisotopic (exact) mass is 490 g/mol. The normalized spacial score (nSPS) is 15.4. The Balaban J connectivity index is 1.74. The molecule has 0 saturated carbocycles. The molecule has 0 aliphatic carbocycles. The lowest BCUT2D eigenvalue weighted by molar-refractivity contribution is -0.189. The number of hydrogen-bond acceptors (Lipinski definition) is 8. The van der Waals surface area contributed by atoms with Crippen molar-refractivity contribution in [1.82, 2.24) is 9.55 Å². The molecule has 0 bridgehead atoms. The van der Waals surface area contributed by atoms with E-state index in [0.29, 0.717) is 20.8 Å². The number of nitrogens with two attached hydrogens (primary N) is 1. The highest BCUT2D eigenvalue weighted by molar-refractivity contribution is 7.15. The van der Waals surface area contributed by atoms with Crippen LogP contribution in [0.4, 0.5) is 20.4 Å². The molecule has 0 unspecified atom stereocenters. The standard InChI is InChI=1S/C21H20F2N6O4S/c1-20(2,32)9-29-13-6-14-12(26-18(31)21(22,23)33-14)5-11(13)27-19(29)28-17(30)16-4-3-15(34-16)10(7-24)8-25/h3-8,24,32H,9,25H2,1-2H3,(H,26,31)(H,27,28,30)/b10-8+,24-7?. The SMILES string of the molecule is CC(C)(O)Cn1c(NC(=O)c2ccc(/C(C=N)=C/N)s2)nc2cc3c(cc21)OC(F)(F)C(=O)N3. The number of nitrogens with one attached hydrogen (secondary N) is 3. The summed E-state index contributed by atoms with van der Waals surface area (Å²) in [6.45, 7) is 3.04. The number of benzene rings is 1. The number of alkyl halides is 2. The van der Waals surface area contributed by atoms with Crippen LogP contribution in [0.15, 0.2) is 30.5 Å². The molecule has 3 aromatic rings. The summed E-state index contributed by atoms with van der Waals surface area (Å²) in [6, 6.07) is 5.82. The number of carbonyl (C=O) groups is 2. The van der Waals surface area contributed by atoms with Gasteiger partial charge in [-0.05, 0) is 32.0 Å². The zero-order chi connectivity index (χ0) is 24.8. The van der Waals surface area contributed by atoms with Crippen LogP contribution < -0.4 is 21.1 Å². The van der Waals surface area contributed by atoms with Crippen LogP contribution in [-0.2, 0) is 11.3 Å². The van der Waals surface area contributed by atoms with Crippen molar-refractivity contribution >= 4 is 57.6 Å². The van der Waals surface area contributed by atoms with E-state index in [4.69, 9.17) is 11.1 Å². The first-order chi connectivity index (χ1) is 15.9. The maximum Gasteiger partial charge on any atom is 0.482 e. The number of thiophene rings is 1. The number of carbonyl (C=O) groups excluding carboxylic acids is 2. The fraction of sp³-hybridized carbons (Fsp3) is 0.238. The molecule has 6 N–H and O–H groups in total. The average molecular weight is 490 g/mol. The predicted octanol–water partition coefficient (Wildman–Crippen LogP) is 2.99. The molecule has 0 saturated heterocycles. The largest absolute Gasteiger partial charge is 0.482 e. The van der Waals surface area contributed by atoms with E-state index in [1.54, 1.807) is 12.1 Å². The van der Waals surface area contributed by atoms with Gasteiger partial charge in [-0.2, -0.15) is 8.78 Å². The van der Waals surface area contributed by atoms with Crippen molar-refractivity contribution in [3.63, 3.8) is 0 Å². The van der Waals surface area contributed by atoms with Crippen LogP contribution in [0.2, 0.25) is 0 Å². The Labute approximate surface area is 195 Å². The molecule has 0 atom stereocenters. The average Bonchev–Trinajstić information content (AvgIpc) is 3.33. The van der Waals surface area contributed by atoms with Gasteiger partial charge in [-0.1, -0.05) is 0 Å². The molecule has 0 spiro atoms. The minimum atomic E-state index is -4.04. The number of halogens is 2. The van der Waals surface area contributed by atoms with Crippen LogP contribution in [-0.4, -0.2) is 44.4 Å². The van der Waals surface area contributed by atoms with Crippen LogP contribution in [0.5, 0.6) is 5.75 Å². The van der Waals surface area contributed by atoms with Gasteiger partial charge >= 0.3 is 12.0 Å². The first-order valence-corrected chi connectivity index (χ1v) is 10.7. The van der Waals surface area contributed by atoms with Gasteiger partial charge in [0.15, 0.2) is 5.75 Å². The zero-order valence-electron chi connectivity index (χ0n) is 18.0. The maximum absolute atomic E-state index is 13.7. The molecular formula is C21H20F2N6O4S. The van der Waals surface area contributed by atoms with Crippen molar-refractivity contribution in [3.05, 3.63) is 40.2 Å². The molecule has 0 radical (unpaired) electrons. The van der Waals surface area contributed by atoms with Crippen molar-refractivity contribution < 1.29 is 28.2 Å². The number of aromatic nitrogens is 2. The molecule has 0 fully saturated rings. The van der Waals surface area contributed by atoms with Gasteiger partial charge in [0.1, 0.15) is 0 Å². The molecule has 13 heteroatoms. The lowest BCUT2D eigenvalue weighted by Gasteiger charge is -2.25. The summed E-state index contributed by atoms with van der Waals surface area (Å²) < 4.78 is 33.5. The lowest BCUT2D eigenvalue weighted by atomic mass is 10.1. The number of nitrogens with zero attached hydrogens (tertiary/aromatic N) is 2. The summed E-state index contributed by atoms with van der Waals surface area (Å²) in [5.41, 5.74) is 5.27. The highest BCUT2D eigenvalue weighted by Crippen LogP contribution is 2.39. The smallest absolute Gasteiger partial charge is 0.423 e. The minimum Gasteiger partial charge on any atom is -0.423 e. The van der Waals surface area contributed by atoms with Crippen molar-refractivity contribution in [2.75, 3.05) is 10.6 Å². The topological polar surface area (TPSA) is 155 Å². The Morgan fingerprint density at radius 1 is 1.41 bits per heavy atom. The second-order valence-corrected chi connectivity index (χ2v) is 9.21. The third-order valence-corrected chi connectivity index (χ3v) is 5.95. The second kappa shape index (κ2) is 8.18. The Morgan fingerprint density at radius 2 is 2.12 bits per heavy atom. The van der Waals surface area contributed by atoms with Crippen LogP contribution in [0.25, 0.3) is 16.6 Å². The second-order valence-electron chi connectivity index (χ2n) is 8.13. The van der Waals surface area contributed by atoms with Crippen LogP contribution >= 0.6 is 11.3 Å². The summed E-state index contributed by atoms with van der Waals surface area (Å²) in [5, 5.41) is 22.5. The Hall–Kier alpha value is -3.84. The molecule has 1 aliphatic heterocycles. The number of anilines is 2. The van der Waals surface area contributed by atoms with E-state index < -0.39 is 23.5 Å². The molecular weight excluding hydrogens is 470 g/mol. The molecule has 2 amide bonds. The van der Waals surface area contributed by atoms with E-state index in [1.807, 2.05) is 0 Å². The van der Waals surface area contributed by atoms with E-state index in [0.717, 1.165) is 17.6 Å². The number of fused-ring (bicyclic) bond motifs is 2. The van der Waals surface area contributed by atoms with E-state index in [2.05, 4.69) is 20.4 Å². The molecule has 10 nitrogen and oxygen atoms in total. The number of amides is 2. The van der Waals surface area contributed by atoms with Gasteiger partial charge in [0.25, 0.3) is 5.91 Å². The fourth-order valence-electron chi connectivity index (χ4n) is 3.34. The van der Waals surface area contributed by atoms with Gasteiger partial charge in [0.05, 0.1) is 33.7 Å². The molecule has 3 heterocycles. The van der Waals surface area contributed by atoms with Gasteiger partial charge in [-0.25, -0.2) is 4.98 Å². The van der Waals surface area contributed by atoms with Gasteiger partial charge in [0, 0.05) is 28.9 Å². The molecule has 2 aromatic heterocycles. The number of ether oxygens (including phenoxy) is 1. The lowest BCUT2D eigenvalue weighted by Crippen LogP contribution is -2.43. The van der Waals surface area contributed by atoms with Crippen molar-refractivity contribution in [2.45, 2.75) is 32.1 Å². The van der Waals surface area contributed by atoms with Crippen LogP contribution in [0.1, 0.15) is 28.4 Å². The van der Waals surface area contributed by atoms with Crippen molar-refractivity contribution in [3.8, 4) is 5.75 Å². The number of hydrogen-bond donors (Lipinski definition) is 5. The van der Waals surface area contributed by atoms with Crippen molar-refractivity contribution in [2.24, 2.45) is 5.73 Å². The quantitative estimate of drug-likeness (QED) is 0.335. The number of rotatable bonds is 6. The highest BCUT2D eigenvalue weighted by Gasteiger charge is 2.46. The molecule has 34 heavy (non-hydrogen) atoms. The Bertz CT molecular complexity index is 1360. The third-order valence-electron chi connectivity index (χ3n) is 4.82. The summed E-state index contributed by atoms with van der Waals surface area (Å²) in [6.07, 6.45) is -1.71. The van der Waals surface area contributed by atoms with E-state index in [-0.39, 0.29) is 29.4 Å². The summed E-state index contributed by atoms with van der Waals surface area (Å²) in [7, 11) is 0. The van der Waals surface area contributed by atoms with Crippen molar-refractivity contribution in [1.29, 1.82) is 5.41 Å². The molecule has 178 valence electrons. The van der Waals surface area contributed by atoms with Crippen LogP contribution in [0, 0.1) is 5.41 Å². The van der Waals surface area contributed by atoms with Crippen LogP contribution in [0.3, 0.4) is 0 Å². The number of imidazole rings is 1. The Kier molecular flexibility index (Phi) is 5.61. The predicted molar refractivity (Wildman–Crippen MR) is 123 cm³/mol. The third kappa shape index (κ3) is 4.34. The first kappa shape index (κ1) is 23.3. The summed E-state index contributed by atoms with van der Waals surface area (Å²) >= 11 is 1.11. The number of aliphatic hydroxyl groups is 1. The Morgan fingerprint density at radius 3 is 2.76 bits per heavy atom. The van der Waals surface area contributed by atoms with Gasteiger partial charge in [0.2, 0.25) is 5.95 Å². The van der Waals surface area contributed by atoms with Gasteiger partial charge in [-0.15, -0.1) is 11.3 Å². The zero-order valence-corrected chi connectivity index (χ0v) is 18.8. The maximum atomic E-state index is 13.7. The first-order valence-electron chi connectivity index (χ1n) is 9.91. The van der Waals surface area contributed by atoms with Gasteiger partial charge in [-0.3, -0.25) is 14.9 Å². The summed E-state index contributed by atoms with van der Waals surface area (Å²) in [4.78, 5) is 29.7. The molecule has 4 rings (SSSR count). The van der Waals surface area contributed by atoms with E-state index in [1.165, 1.54) is 36.7 Å². The fourth-order valence-corrected chi connectivity index (χ4v) is 4.23. The minimum absolute atomic E-state index is 0.00449. The molecule has 1 aromatic carbocycles. The highest BCUT2D eigenvalue weighted by atomic mass is 32.1. The number of allylic oxidation sites excluding steroid dienone is 1. The van der Waals surface area contributed by atoms with Gasteiger partial charge < -0.3 is 30.9 Å². The molecule has 1 aliphatic rings.